The molecule has 1 saturated carbocycles. The third-order valence-electron chi connectivity index (χ3n) is 5.74. The van der Waals surface area contributed by atoms with Gasteiger partial charge in [-0.1, -0.05) is 54.8 Å². The van der Waals surface area contributed by atoms with Gasteiger partial charge in [-0.05, 0) is 89.4 Å². The highest BCUT2D eigenvalue weighted by Crippen LogP contribution is 2.33. The maximum absolute atomic E-state index is 13.1. The van der Waals surface area contributed by atoms with Gasteiger partial charge in [0.1, 0.15) is 11.5 Å². The van der Waals surface area contributed by atoms with E-state index in [0.717, 1.165) is 27.3 Å². The van der Waals surface area contributed by atoms with Gasteiger partial charge in [0.15, 0.2) is 4.90 Å². The highest BCUT2D eigenvalue weighted by atomic mass is 35.5. The molecule has 0 saturated heterocycles. The molecule has 3 aromatic carbocycles. The Bertz CT molecular complexity index is 963. The van der Waals surface area contributed by atoms with Crippen LogP contribution in [0.5, 0.6) is 5.75 Å². The molecular weight excluding hydrogens is 412 g/mol. The summed E-state index contributed by atoms with van der Waals surface area (Å²) in [5, 5.41) is 0.711. The maximum Gasteiger partial charge on any atom is 0.153 e. The van der Waals surface area contributed by atoms with Crippen LogP contribution in [-0.4, -0.2) is 11.7 Å². The van der Waals surface area contributed by atoms with Crippen molar-refractivity contribution in [3.05, 3.63) is 89.3 Å². The minimum Gasteiger partial charge on any atom is -0.611 e. The highest BCUT2D eigenvalue weighted by molar-refractivity contribution is 7.90. The van der Waals surface area contributed by atoms with Crippen LogP contribution in [-0.2, 0) is 16.9 Å². The molecule has 1 aliphatic carbocycles. The molecular formula is C26H26ClO2S. The van der Waals surface area contributed by atoms with Crippen molar-refractivity contribution in [1.29, 1.82) is 0 Å². The van der Waals surface area contributed by atoms with Crippen LogP contribution in [0.1, 0.15) is 42.7 Å². The first-order valence-electron chi connectivity index (χ1n) is 10.4. The molecule has 0 spiro atoms. The molecule has 0 N–H and O–H groups in total. The third-order valence-corrected chi connectivity index (χ3v) is 7.36. The average molecular weight is 438 g/mol. The molecule has 2 atom stereocenters. The first-order valence-corrected chi connectivity index (χ1v) is 12.1. The summed E-state index contributed by atoms with van der Waals surface area (Å²) < 4.78 is 18.6. The average Bonchev–Trinajstić information content (AvgIpc) is 2.80. The van der Waals surface area contributed by atoms with Gasteiger partial charge < -0.3 is 9.29 Å². The topological polar surface area (TPSA) is 32.3 Å². The maximum atomic E-state index is 13.1. The second-order valence-electron chi connectivity index (χ2n) is 7.72. The fourth-order valence-corrected chi connectivity index (χ4v) is 5.29. The van der Waals surface area contributed by atoms with E-state index in [4.69, 9.17) is 16.3 Å². The predicted octanol–water partition coefficient (Wildman–Crippen LogP) is 7.19. The largest absolute Gasteiger partial charge is 0.611 e. The standard InChI is InChI=1S/C26H26ClO2S/c1-29-26-16-11-22(21-7-12-24(27)13-8-21)17-23(26)18-30(28)25-14-9-20(10-15-25)19-5-3-2-4-6-19/h5,7-17,19H,2-4,6,18H2,1H3. The highest BCUT2D eigenvalue weighted by Gasteiger charge is 2.19. The normalized spacial score (nSPS) is 15.7. The molecule has 1 radical (unpaired) electrons. The van der Waals surface area contributed by atoms with Crippen molar-refractivity contribution >= 4 is 22.8 Å². The molecule has 2 unspecified atom stereocenters. The van der Waals surface area contributed by atoms with E-state index in [1.54, 1.807) is 7.11 Å². The smallest absolute Gasteiger partial charge is 0.153 e. The van der Waals surface area contributed by atoms with Crippen molar-refractivity contribution in [3.63, 3.8) is 0 Å². The van der Waals surface area contributed by atoms with Crippen molar-refractivity contribution in [1.82, 2.24) is 0 Å². The van der Waals surface area contributed by atoms with E-state index >= 15 is 0 Å². The molecule has 30 heavy (non-hydrogen) atoms. The Morgan fingerprint density at radius 1 is 0.967 bits per heavy atom. The lowest BCUT2D eigenvalue weighted by Crippen LogP contribution is -2.08. The van der Waals surface area contributed by atoms with Gasteiger partial charge in [0.25, 0.3) is 0 Å². The van der Waals surface area contributed by atoms with E-state index in [1.807, 2.05) is 48.5 Å². The van der Waals surface area contributed by atoms with E-state index in [2.05, 4.69) is 24.6 Å². The number of methoxy groups -OCH3 is 1. The number of halogens is 1. The molecule has 3 aromatic rings. The number of hydrogen-bond acceptors (Lipinski definition) is 2. The molecule has 1 fully saturated rings. The fraction of sp³-hybridized carbons (Fsp3) is 0.269. The molecule has 0 aromatic heterocycles. The van der Waals surface area contributed by atoms with E-state index in [-0.39, 0.29) is 0 Å². The van der Waals surface area contributed by atoms with Gasteiger partial charge in [0.05, 0.1) is 7.11 Å². The fourth-order valence-electron chi connectivity index (χ4n) is 4.05. The lowest BCUT2D eigenvalue weighted by Gasteiger charge is -2.22. The van der Waals surface area contributed by atoms with Crippen LogP contribution in [0.3, 0.4) is 0 Å². The van der Waals surface area contributed by atoms with Gasteiger partial charge >= 0.3 is 0 Å². The Balaban J connectivity index is 1.52. The van der Waals surface area contributed by atoms with E-state index < -0.39 is 11.2 Å². The minimum absolute atomic E-state index is 0.416. The summed E-state index contributed by atoms with van der Waals surface area (Å²) in [5.41, 5.74) is 4.40. The SMILES string of the molecule is COc1ccc(-c2ccc(Cl)cc2)cc1C[S+]([O-])c1ccc(C2[CH]CCCC2)cc1. The molecule has 0 heterocycles. The summed E-state index contributed by atoms with van der Waals surface area (Å²) >= 11 is 4.87. The summed E-state index contributed by atoms with van der Waals surface area (Å²) in [6.45, 7) is 0. The Hall–Kier alpha value is -1.94. The number of ether oxygens (including phenoxy) is 1. The zero-order valence-electron chi connectivity index (χ0n) is 17.1. The van der Waals surface area contributed by atoms with Crippen LogP contribution >= 0.6 is 11.6 Å². The van der Waals surface area contributed by atoms with Gasteiger partial charge in [-0.25, -0.2) is 0 Å². The monoisotopic (exact) mass is 437 g/mol. The molecule has 4 rings (SSSR count). The first kappa shape index (κ1) is 21.3. The van der Waals surface area contributed by atoms with Crippen LogP contribution in [0.15, 0.2) is 71.6 Å². The van der Waals surface area contributed by atoms with Gasteiger partial charge in [0, 0.05) is 10.6 Å². The summed E-state index contributed by atoms with van der Waals surface area (Å²) in [4.78, 5) is 0.855. The van der Waals surface area contributed by atoms with Crippen molar-refractivity contribution < 1.29 is 9.29 Å². The molecule has 0 bridgehead atoms. The van der Waals surface area contributed by atoms with E-state index in [0.29, 0.717) is 16.7 Å². The van der Waals surface area contributed by atoms with Crippen LogP contribution in [0.2, 0.25) is 5.02 Å². The summed E-state index contributed by atoms with van der Waals surface area (Å²) in [6.07, 6.45) is 7.43. The summed E-state index contributed by atoms with van der Waals surface area (Å²) in [6, 6.07) is 22.1. The van der Waals surface area contributed by atoms with Crippen LogP contribution in [0.25, 0.3) is 11.1 Å². The molecule has 0 aliphatic heterocycles. The van der Waals surface area contributed by atoms with Crippen molar-refractivity contribution in [3.8, 4) is 16.9 Å². The second-order valence-corrected chi connectivity index (χ2v) is 9.61. The molecule has 155 valence electrons. The molecule has 1 aliphatic rings. The third kappa shape index (κ3) is 5.03. The molecule has 0 amide bonds. The van der Waals surface area contributed by atoms with Crippen molar-refractivity contribution in [2.24, 2.45) is 0 Å². The van der Waals surface area contributed by atoms with Gasteiger partial charge in [0.2, 0.25) is 0 Å². The lowest BCUT2D eigenvalue weighted by molar-refractivity contribution is 0.411. The minimum atomic E-state index is -1.14. The lowest BCUT2D eigenvalue weighted by atomic mass is 9.84. The zero-order chi connectivity index (χ0) is 20.9. The molecule has 4 heteroatoms. The first-order chi connectivity index (χ1) is 14.6. The Morgan fingerprint density at radius 3 is 2.37 bits per heavy atom. The van der Waals surface area contributed by atoms with Crippen LogP contribution < -0.4 is 4.74 Å². The summed E-state index contributed by atoms with van der Waals surface area (Å²) in [7, 11) is 1.65. The van der Waals surface area contributed by atoms with Crippen molar-refractivity contribution in [2.75, 3.05) is 7.11 Å². The van der Waals surface area contributed by atoms with Gasteiger partial charge in [-0.15, -0.1) is 0 Å². The predicted molar refractivity (Wildman–Crippen MR) is 126 cm³/mol. The quantitative estimate of drug-likeness (QED) is 0.382. The van der Waals surface area contributed by atoms with Crippen molar-refractivity contribution in [2.45, 2.75) is 42.2 Å². The number of rotatable bonds is 6. The van der Waals surface area contributed by atoms with Gasteiger partial charge in [-0.3, -0.25) is 0 Å². The van der Waals surface area contributed by atoms with Crippen LogP contribution in [0, 0.1) is 6.42 Å². The Kier molecular flexibility index (Phi) is 7.04. The summed E-state index contributed by atoms with van der Waals surface area (Å²) in [5.74, 6) is 1.71. The second kappa shape index (κ2) is 9.91. The Labute approximate surface area is 187 Å². The van der Waals surface area contributed by atoms with Gasteiger partial charge in [-0.2, -0.15) is 0 Å². The molecule has 2 nitrogen and oxygen atoms in total. The van der Waals surface area contributed by atoms with E-state index in [9.17, 15) is 4.55 Å². The van der Waals surface area contributed by atoms with Crippen LogP contribution in [0.4, 0.5) is 0 Å². The zero-order valence-corrected chi connectivity index (χ0v) is 18.7. The van der Waals surface area contributed by atoms with E-state index in [1.165, 1.54) is 31.2 Å². The number of benzene rings is 3. The number of hydrogen-bond donors (Lipinski definition) is 0. The Morgan fingerprint density at radius 2 is 1.70 bits per heavy atom.